The van der Waals surface area contributed by atoms with Crippen LogP contribution in [0.4, 0.5) is 5.69 Å². The van der Waals surface area contributed by atoms with E-state index in [1.807, 2.05) is 44.2 Å². The maximum atomic E-state index is 12.6. The number of rotatable bonds is 7. The number of carbonyl (C=O) groups excluding carboxylic acids is 1. The second-order valence-electron chi connectivity index (χ2n) is 8.11. The minimum Gasteiger partial charge on any atom is -0.454 e. The summed E-state index contributed by atoms with van der Waals surface area (Å²) in [5, 5.41) is 2.89. The normalized spacial score (nSPS) is 12.5. The van der Waals surface area contributed by atoms with E-state index in [1.165, 1.54) is 10.6 Å². The number of carbonyl (C=O) groups is 1. The Morgan fingerprint density at radius 2 is 1.61 bits per heavy atom. The minimum absolute atomic E-state index is 0.181. The molecule has 4 rings (SSSR count). The zero-order valence-corrected chi connectivity index (χ0v) is 19.6. The maximum Gasteiger partial charge on any atom is 0.251 e. The molecular formula is C25H26N2O5S. The fraction of sp³-hybridized carbons (Fsp3) is 0.240. The predicted molar refractivity (Wildman–Crippen MR) is 127 cm³/mol. The van der Waals surface area contributed by atoms with Gasteiger partial charge in [-0.2, -0.15) is 0 Å². The largest absolute Gasteiger partial charge is 0.454 e. The van der Waals surface area contributed by atoms with Crippen molar-refractivity contribution in [3.05, 3.63) is 88.5 Å². The van der Waals surface area contributed by atoms with Crippen molar-refractivity contribution in [3.8, 4) is 11.5 Å². The summed E-state index contributed by atoms with van der Waals surface area (Å²) in [6.45, 7) is 4.68. The second-order valence-corrected chi connectivity index (χ2v) is 10.0. The standard InChI is InChI=1S/C25H26N2O5S/c1-17-4-10-22(12-18(17)2)27(33(3,29)30)15-19-5-8-21(9-6-19)25(28)26-14-20-7-11-23-24(13-20)32-16-31-23/h4-13H,14-16H2,1-3H3,(H,26,28). The van der Waals surface area contributed by atoms with Gasteiger partial charge in [-0.25, -0.2) is 8.42 Å². The van der Waals surface area contributed by atoms with Crippen molar-refractivity contribution in [2.45, 2.75) is 26.9 Å². The number of nitrogens with one attached hydrogen (secondary N) is 1. The molecule has 1 N–H and O–H groups in total. The summed E-state index contributed by atoms with van der Waals surface area (Å²) in [4.78, 5) is 12.6. The number of fused-ring (bicyclic) bond motifs is 1. The van der Waals surface area contributed by atoms with Crippen LogP contribution >= 0.6 is 0 Å². The van der Waals surface area contributed by atoms with Crippen LogP contribution in [0.15, 0.2) is 60.7 Å². The first-order valence-corrected chi connectivity index (χ1v) is 12.4. The highest BCUT2D eigenvalue weighted by atomic mass is 32.2. The number of amides is 1. The first kappa shape index (κ1) is 22.7. The van der Waals surface area contributed by atoms with Gasteiger partial charge in [-0.1, -0.05) is 24.3 Å². The van der Waals surface area contributed by atoms with Crippen molar-refractivity contribution in [1.82, 2.24) is 5.32 Å². The zero-order valence-electron chi connectivity index (χ0n) is 18.8. The van der Waals surface area contributed by atoms with E-state index in [2.05, 4.69) is 5.32 Å². The van der Waals surface area contributed by atoms with Crippen LogP contribution in [0.1, 0.15) is 32.6 Å². The molecule has 172 valence electrons. The first-order chi connectivity index (χ1) is 15.7. The lowest BCUT2D eigenvalue weighted by atomic mass is 10.1. The van der Waals surface area contributed by atoms with Gasteiger partial charge in [0.25, 0.3) is 5.91 Å². The molecule has 0 atom stereocenters. The number of benzene rings is 3. The van der Waals surface area contributed by atoms with E-state index in [-0.39, 0.29) is 19.2 Å². The van der Waals surface area contributed by atoms with E-state index in [9.17, 15) is 13.2 Å². The first-order valence-electron chi connectivity index (χ1n) is 10.5. The molecule has 1 aliphatic heterocycles. The molecule has 3 aromatic carbocycles. The Hall–Kier alpha value is -3.52. The van der Waals surface area contributed by atoms with Crippen molar-refractivity contribution in [1.29, 1.82) is 0 Å². The van der Waals surface area contributed by atoms with Crippen LogP contribution < -0.4 is 19.1 Å². The van der Waals surface area contributed by atoms with Gasteiger partial charge in [-0.3, -0.25) is 9.10 Å². The van der Waals surface area contributed by atoms with Crippen molar-refractivity contribution >= 4 is 21.6 Å². The van der Waals surface area contributed by atoms with E-state index in [0.29, 0.717) is 29.3 Å². The number of nitrogens with zero attached hydrogens (tertiary/aromatic N) is 1. The van der Waals surface area contributed by atoms with E-state index in [0.717, 1.165) is 22.3 Å². The molecule has 1 heterocycles. The van der Waals surface area contributed by atoms with E-state index >= 15 is 0 Å². The fourth-order valence-corrected chi connectivity index (χ4v) is 4.42. The number of ether oxygens (including phenoxy) is 2. The SMILES string of the molecule is Cc1ccc(N(Cc2ccc(C(=O)NCc3ccc4c(c3)OCO4)cc2)S(C)(=O)=O)cc1C. The molecule has 8 heteroatoms. The summed E-state index contributed by atoms with van der Waals surface area (Å²) in [5.74, 6) is 1.16. The molecule has 33 heavy (non-hydrogen) atoms. The monoisotopic (exact) mass is 466 g/mol. The summed E-state index contributed by atoms with van der Waals surface area (Å²) < 4.78 is 36.9. The van der Waals surface area contributed by atoms with Crippen LogP contribution in [-0.4, -0.2) is 27.4 Å². The lowest BCUT2D eigenvalue weighted by Crippen LogP contribution is -2.29. The number of hydrogen-bond donors (Lipinski definition) is 1. The van der Waals surface area contributed by atoms with Gasteiger partial charge in [0.1, 0.15) is 0 Å². The van der Waals surface area contributed by atoms with Crippen LogP contribution in [0.25, 0.3) is 0 Å². The maximum absolute atomic E-state index is 12.6. The van der Waals surface area contributed by atoms with Crippen LogP contribution in [-0.2, 0) is 23.1 Å². The highest BCUT2D eigenvalue weighted by Gasteiger charge is 2.19. The van der Waals surface area contributed by atoms with Gasteiger partial charge in [-0.05, 0) is 72.5 Å². The predicted octanol–water partition coefficient (Wildman–Crippen LogP) is 3.93. The Kier molecular flexibility index (Phi) is 6.29. The molecule has 0 aromatic heterocycles. The van der Waals surface area contributed by atoms with Crippen molar-refractivity contribution < 1.29 is 22.7 Å². The van der Waals surface area contributed by atoms with E-state index in [4.69, 9.17) is 9.47 Å². The third-order valence-electron chi connectivity index (χ3n) is 5.61. The van der Waals surface area contributed by atoms with Gasteiger partial charge in [0, 0.05) is 12.1 Å². The molecule has 1 aliphatic rings. The van der Waals surface area contributed by atoms with Gasteiger partial charge in [-0.15, -0.1) is 0 Å². The number of anilines is 1. The van der Waals surface area contributed by atoms with Crippen LogP contribution in [0.2, 0.25) is 0 Å². The van der Waals surface area contributed by atoms with Crippen LogP contribution in [0.5, 0.6) is 11.5 Å². The van der Waals surface area contributed by atoms with Crippen LogP contribution in [0.3, 0.4) is 0 Å². The summed E-state index contributed by atoms with van der Waals surface area (Å²) in [7, 11) is -3.48. The van der Waals surface area contributed by atoms with Gasteiger partial charge in [0.05, 0.1) is 18.5 Å². The average Bonchev–Trinajstić information content (AvgIpc) is 3.25. The van der Waals surface area contributed by atoms with Crippen molar-refractivity contribution in [3.63, 3.8) is 0 Å². The molecule has 1 amide bonds. The molecule has 0 radical (unpaired) electrons. The molecule has 0 bridgehead atoms. The Morgan fingerprint density at radius 3 is 2.30 bits per heavy atom. The Bertz CT molecular complexity index is 1290. The lowest BCUT2D eigenvalue weighted by Gasteiger charge is -2.23. The lowest BCUT2D eigenvalue weighted by molar-refractivity contribution is 0.0951. The summed E-state index contributed by atoms with van der Waals surface area (Å²) in [6.07, 6.45) is 1.19. The molecule has 0 saturated heterocycles. The zero-order chi connectivity index (χ0) is 23.6. The fourth-order valence-electron chi connectivity index (χ4n) is 3.54. The van der Waals surface area contributed by atoms with Gasteiger partial charge < -0.3 is 14.8 Å². The number of hydrogen-bond acceptors (Lipinski definition) is 5. The second kappa shape index (κ2) is 9.15. The summed E-state index contributed by atoms with van der Waals surface area (Å²) in [5.41, 5.74) is 4.93. The molecule has 7 nitrogen and oxygen atoms in total. The quantitative estimate of drug-likeness (QED) is 0.570. The van der Waals surface area contributed by atoms with Crippen molar-refractivity contribution in [2.75, 3.05) is 17.4 Å². The average molecular weight is 467 g/mol. The topological polar surface area (TPSA) is 84.9 Å². The summed E-state index contributed by atoms with van der Waals surface area (Å²) in [6, 6.07) is 18.1. The van der Waals surface area contributed by atoms with Gasteiger partial charge >= 0.3 is 0 Å². The molecule has 3 aromatic rings. The summed E-state index contributed by atoms with van der Waals surface area (Å²) >= 11 is 0. The molecule has 0 unspecified atom stereocenters. The van der Waals surface area contributed by atoms with Gasteiger partial charge in [0.15, 0.2) is 11.5 Å². The molecule has 0 saturated carbocycles. The molecule has 0 fully saturated rings. The molecular weight excluding hydrogens is 440 g/mol. The molecule has 0 aliphatic carbocycles. The third-order valence-corrected chi connectivity index (χ3v) is 6.75. The highest BCUT2D eigenvalue weighted by Crippen LogP contribution is 2.32. The molecule has 0 spiro atoms. The smallest absolute Gasteiger partial charge is 0.251 e. The Balaban J connectivity index is 1.43. The van der Waals surface area contributed by atoms with Gasteiger partial charge in [0.2, 0.25) is 16.8 Å². The Morgan fingerprint density at radius 1 is 0.909 bits per heavy atom. The van der Waals surface area contributed by atoms with Crippen molar-refractivity contribution in [2.24, 2.45) is 0 Å². The van der Waals surface area contributed by atoms with E-state index in [1.54, 1.807) is 30.3 Å². The highest BCUT2D eigenvalue weighted by molar-refractivity contribution is 7.92. The minimum atomic E-state index is -3.48. The number of sulfonamides is 1. The Labute approximate surface area is 194 Å². The number of aryl methyl sites for hydroxylation is 2. The van der Waals surface area contributed by atoms with E-state index < -0.39 is 10.0 Å². The van der Waals surface area contributed by atoms with Crippen LogP contribution in [0, 0.1) is 13.8 Å². The third kappa shape index (κ3) is 5.28.